The average Bonchev–Trinajstić information content (AvgIpc) is 2.57. The van der Waals surface area contributed by atoms with Crippen molar-refractivity contribution < 1.29 is 14.4 Å². The highest BCUT2D eigenvalue weighted by Gasteiger charge is 2.45. The van der Waals surface area contributed by atoms with Gasteiger partial charge in [-0.3, -0.25) is 14.4 Å². The molecule has 2 aliphatic heterocycles. The molecule has 1 aromatic carbocycles. The maximum atomic E-state index is 13.1. The lowest BCUT2D eigenvalue weighted by Crippen LogP contribution is -2.58. The topological polar surface area (TPSA) is 90.9 Å². The smallest absolute Gasteiger partial charge is 0.250 e. The van der Waals surface area contributed by atoms with Crippen LogP contribution in [0.3, 0.4) is 0 Å². The van der Waals surface area contributed by atoms with Gasteiger partial charge in [-0.25, -0.2) is 0 Å². The Labute approximate surface area is 151 Å². The normalized spacial score (nSPS) is 21.1. The Morgan fingerprint density at radius 3 is 2.73 bits per heavy atom. The van der Waals surface area contributed by atoms with Crippen LogP contribution in [0.25, 0.3) is 0 Å². The molecule has 1 unspecified atom stereocenters. The van der Waals surface area contributed by atoms with Crippen LogP contribution in [-0.2, 0) is 14.4 Å². The molecule has 0 aliphatic carbocycles. The molecule has 0 spiro atoms. The van der Waals surface area contributed by atoms with E-state index in [0.29, 0.717) is 17.2 Å². The van der Waals surface area contributed by atoms with E-state index < -0.39 is 5.54 Å². The van der Waals surface area contributed by atoms with E-state index in [-0.39, 0.29) is 24.1 Å². The lowest BCUT2D eigenvalue weighted by molar-refractivity contribution is -0.130. The van der Waals surface area contributed by atoms with E-state index in [2.05, 4.69) is 15.6 Å². The molecule has 1 atom stereocenters. The number of benzene rings is 1. The minimum atomic E-state index is -1.09. The number of aryl methyl sites for hydroxylation is 1. The van der Waals surface area contributed by atoms with Crippen LogP contribution in [0.1, 0.15) is 25.8 Å². The van der Waals surface area contributed by atoms with Crippen molar-refractivity contribution >= 4 is 34.9 Å². The van der Waals surface area contributed by atoms with E-state index in [9.17, 15) is 14.4 Å². The van der Waals surface area contributed by atoms with E-state index in [1.807, 2.05) is 13.0 Å². The maximum Gasteiger partial charge on any atom is 0.250 e. The van der Waals surface area contributed by atoms with Gasteiger partial charge in [-0.1, -0.05) is 12.1 Å². The van der Waals surface area contributed by atoms with Crippen LogP contribution in [0.4, 0.5) is 11.4 Å². The minimum Gasteiger partial charge on any atom is -0.326 e. The van der Waals surface area contributed by atoms with Crippen LogP contribution in [0.15, 0.2) is 47.6 Å². The zero-order valence-corrected chi connectivity index (χ0v) is 14.9. The molecule has 0 bridgehead atoms. The summed E-state index contributed by atoms with van der Waals surface area (Å²) in [6.45, 7) is 4.99. The van der Waals surface area contributed by atoms with Crippen molar-refractivity contribution in [2.24, 2.45) is 4.99 Å². The van der Waals surface area contributed by atoms with Gasteiger partial charge in [0.15, 0.2) is 0 Å². The monoisotopic (exact) mass is 352 g/mol. The van der Waals surface area contributed by atoms with Crippen molar-refractivity contribution in [3.63, 3.8) is 0 Å². The van der Waals surface area contributed by atoms with E-state index in [4.69, 9.17) is 0 Å². The molecule has 0 saturated heterocycles. The standard InChI is InChI=1S/C19H20N4O3/c1-12-7-8-14(20-13(2)24)10-15(12)21-18(26)19(3)11-17(25)22-16-6-4-5-9-23(16)19/h4-10H,11H2,1-3H3,(H,20,24)(H,21,26). The van der Waals surface area contributed by atoms with E-state index in [0.717, 1.165) is 5.56 Å². The Morgan fingerprint density at radius 1 is 1.23 bits per heavy atom. The van der Waals surface area contributed by atoms with Crippen LogP contribution in [0.2, 0.25) is 0 Å². The van der Waals surface area contributed by atoms with Crippen molar-refractivity contribution in [2.75, 3.05) is 10.6 Å². The summed E-state index contributed by atoms with van der Waals surface area (Å²) < 4.78 is 0. The molecule has 7 nitrogen and oxygen atoms in total. The first-order valence-corrected chi connectivity index (χ1v) is 8.25. The Kier molecular flexibility index (Phi) is 4.46. The Balaban J connectivity index is 1.89. The first-order chi connectivity index (χ1) is 12.3. The second-order valence-corrected chi connectivity index (χ2v) is 6.55. The molecule has 0 saturated carbocycles. The molecule has 1 aromatic rings. The number of allylic oxidation sites excluding steroid dienone is 2. The van der Waals surface area contributed by atoms with Crippen molar-refractivity contribution in [1.29, 1.82) is 0 Å². The number of nitrogens with one attached hydrogen (secondary N) is 2. The molecule has 2 N–H and O–H groups in total. The lowest BCUT2D eigenvalue weighted by Gasteiger charge is -2.41. The SMILES string of the molecule is CC(=O)Nc1ccc(C)c(NC(=O)C2(C)CC(=O)N=C3C=CC=CN32)c1. The van der Waals surface area contributed by atoms with Crippen molar-refractivity contribution in [1.82, 2.24) is 4.90 Å². The van der Waals surface area contributed by atoms with Gasteiger partial charge >= 0.3 is 0 Å². The molecular formula is C19H20N4O3. The number of amides is 3. The summed E-state index contributed by atoms with van der Waals surface area (Å²) in [4.78, 5) is 42.1. The summed E-state index contributed by atoms with van der Waals surface area (Å²) in [5.41, 5.74) is 0.925. The van der Waals surface area contributed by atoms with Gasteiger partial charge in [0.1, 0.15) is 11.4 Å². The van der Waals surface area contributed by atoms with Crippen LogP contribution < -0.4 is 10.6 Å². The largest absolute Gasteiger partial charge is 0.326 e. The Hall–Kier alpha value is -3.22. The first-order valence-electron chi connectivity index (χ1n) is 8.25. The highest BCUT2D eigenvalue weighted by atomic mass is 16.2. The lowest BCUT2D eigenvalue weighted by atomic mass is 9.91. The molecule has 134 valence electrons. The van der Waals surface area contributed by atoms with Crippen molar-refractivity contribution in [2.45, 2.75) is 32.7 Å². The van der Waals surface area contributed by atoms with Gasteiger partial charge in [-0.15, -0.1) is 0 Å². The summed E-state index contributed by atoms with van der Waals surface area (Å²) in [6.07, 6.45) is 6.98. The minimum absolute atomic E-state index is 0.0229. The van der Waals surface area contributed by atoms with Gasteiger partial charge in [0, 0.05) is 24.5 Å². The molecule has 0 radical (unpaired) electrons. The van der Waals surface area contributed by atoms with Crippen LogP contribution in [0, 0.1) is 6.92 Å². The van der Waals surface area contributed by atoms with Gasteiger partial charge in [-0.05, 0) is 43.7 Å². The van der Waals surface area contributed by atoms with Gasteiger partial charge < -0.3 is 15.5 Å². The van der Waals surface area contributed by atoms with E-state index in [1.165, 1.54) is 6.92 Å². The second-order valence-electron chi connectivity index (χ2n) is 6.55. The summed E-state index contributed by atoms with van der Waals surface area (Å²) in [7, 11) is 0. The molecule has 2 aliphatic rings. The zero-order chi connectivity index (χ0) is 18.9. The van der Waals surface area contributed by atoms with E-state index in [1.54, 1.807) is 48.4 Å². The predicted octanol–water partition coefficient (Wildman–Crippen LogP) is 2.36. The van der Waals surface area contributed by atoms with Crippen LogP contribution >= 0.6 is 0 Å². The van der Waals surface area contributed by atoms with Crippen molar-refractivity contribution in [3.8, 4) is 0 Å². The number of fused-ring (bicyclic) bond motifs is 1. The number of nitrogens with zero attached hydrogens (tertiary/aromatic N) is 2. The highest BCUT2D eigenvalue weighted by Crippen LogP contribution is 2.30. The molecule has 26 heavy (non-hydrogen) atoms. The zero-order valence-electron chi connectivity index (χ0n) is 14.9. The molecule has 0 fully saturated rings. The number of carbonyl (C=O) groups is 3. The number of hydrogen-bond donors (Lipinski definition) is 2. The fraction of sp³-hybridized carbons (Fsp3) is 0.263. The predicted molar refractivity (Wildman–Crippen MR) is 99.7 cm³/mol. The summed E-state index contributed by atoms with van der Waals surface area (Å²) in [6, 6.07) is 5.27. The van der Waals surface area contributed by atoms with Crippen LogP contribution in [0.5, 0.6) is 0 Å². The number of anilines is 2. The van der Waals surface area contributed by atoms with Gasteiger partial charge in [-0.2, -0.15) is 4.99 Å². The summed E-state index contributed by atoms with van der Waals surface area (Å²) in [5.74, 6) is -0.397. The molecule has 0 aromatic heterocycles. The number of aliphatic imine (C=N–C) groups is 1. The van der Waals surface area contributed by atoms with Crippen LogP contribution in [-0.4, -0.2) is 34.0 Å². The highest BCUT2D eigenvalue weighted by molar-refractivity contribution is 6.12. The third-order valence-electron chi connectivity index (χ3n) is 4.40. The van der Waals surface area contributed by atoms with Gasteiger partial charge in [0.2, 0.25) is 5.91 Å². The molecule has 2 heterocycles. The summed E-state index contributed by atoms with van der Waals surface area (Å²) >= 11 is 0. The molecule has 3 rings (SSSR count). The number of carbonyl (C=O) groups excluding carboxylic acids is 3. The number of amidine groups is 1. The quantitative estimate of drug-likeness (QED) is 0.874. The fourth-order valence-corrected chi connectivity index (χ4v) is 2.97. The Morgan fingerprint density at radius 2 is 2.00 bits per heavy atom. The van der Waals surface area contributed by atoms with Crippen molar-refractivity contribution in [3.05, 3.63) is 48.2 Å². The summed E-state index contributed by atoms with van der Waals surface area (Å²) in [5, 5.41) is 5.58. The fourth-order valence-electron chi connectivity index (χ4n) is 2.97. The number of hydrogen-bond acceptors (Lipinski definition) is 4. The number of rotatable bonds is 3. The average molecular weight is 352 g/mol. The molecule has 3 amide bonds. The second kappa shape index (κ2) is 6.59. The third kappa shape index (κ3) is 3.28. The van der Waals surface area contributed by atoms with E-state index >= 15 is 0 Å². The van der Waals surface area contributed by atoms with Gasteiger partial charge in [0.05, 0.1) is 6.42 Å². The van der Waals surface area contributed by atoms with Gasteiger partial charge in [0.25, 0.3) is 11.8 Å². The first kappa shape index (κ1) is 17.6. The molecular weight excluding hydrogens is 332 g/mol. The third-order valence-corrected chi connectivity index (χ3v) is 4.40. The molecule has 7 heteroatoms. The maximum absolute atomic E-state index is 13.1. The Bertz CT molecular complexity index is 885.